The molecule has 6 heteroatoms. The van der Waals surface area contributed by atoms with E-state index in [1.807, 2.05) is 0 Å². The first-order chi connectivity index (χ1) is 7.09. The molecule has 0 bridgehead atoms. The lowest BCUT2D eigenvalue weighted by Gasteiger charge is -2.22. The van der Waals surface area contributed by atoms with Crippen molar-refractivity contribution in [3.63, 3.8) is 0 Å². The van der Waals surface area contributed by atoms with Crippen molar-refractivity contribution in [2.75, 3.05) is 0 Å². The molecule has 0 saturated carbocycles. The predicted octanol–water partition coefficient (Wildman–Crippen LogP) is 2.02. The molecule has 0 fully saturated rings. The van der Waals surface area contributed by atoms with Gasteiger partial charge in [-0.25, -0.2) is 0 Å². The SMILES string of the molecule is CC(C)(C)Oc1ccc([NH])cc1S(=O)(=O)O. The van der Waals surface area contributed by atoms with Crippen LogP contribution in [0.15, 0.2) is 23.1 Å². The molecule has 0 aliphatic rings. The van der Waals surface area contributed by atoms with Crippen LogP contribution in [0.3, 0.4) is 0 Å². The lowest BCUT2D eigenvalue weighted by atomic mass is 10.2. The maximum absolute atomic E-state index is 11.1. The molecule has 2 N–H and O–H groups in total. The standard InChI is InChI=1S/C10H14NO4S/c1-10(2,3)15-8-5-4-7(11)6-9(8)16(12,13)14/h4-6,11H,1-3H3,(H,12,13,14). The van der Waals surface area contributed by atoms with Crippen molar-refractivity contribution < 1.29 is 17.7 Å². The third-order valence-corrected chi connectivity index (χ3v) is 2.51. The summed E-state index contributed by atoms with van der Waals surface area (Å²) in [6.07, 6.45) is 0. The zero-order valence-corrected chi connectivity index (χ0v) is 10.1. The highest BCUT2D eigenvalue weighted by atomic mass is 32.2. The lowest BCUT2D eigenvalue weighted by molar-refractivity contribution is 0.126. The molecule has 1 aromatic rings. The number of nitrogens with one attached hydrogen (secondary N) is 1. The summed E-state index contributed by atoms with van der Waals surface area (Å²) in [7, 11) is -4.37. The van der Waals surface area contributed by atoms with E-state index in [0.717, 1.165) is 6.07 Å². The molecule has 0 aromatic heterocycles. The second kappa shape index (κ2) is 3.95. The van der Waals surface area contributed by atoms with Gasteiger partial charge in [0.2, 0.25) is 0 Å². The van der Waals surface area contributed by atoms with Gasteiger partial charge >= 0.3 is 0 Å². The smallest absolute Gasteiger partial charge is 0.298 e. The summed E-state index contributed by atoms with van der Waals surface area (Å²) in [5, 5.41) is 0. The average molecular weight is 244 g/mol. The van der Waals surface area contributed by atoms with E-state index in [0.29, 0.717) is 0 Å². The molecule has 0 aliphatic carbocycles. The van der Waals surface area contributed by atoms with Gasteiger partial charge < -0.3 is 10.5 Å². The molecular formula is C10H14NO4S. The van der Waals surface area contributed by atoms with Crippen LogP contribution in [0.1, 0.15) is 20.8 Å². The molecule has 16 heavy (non-hydrogen) atoms. The molecule has 0 aliphatic heterocycles. The minimum Gasteiger partial charge on any atom is -0.487 e. The van der Waals surface area contributed by atoms with E-state index in [4.69, 9.17) is 15.0 Å². The minimum atomic E-state index is -4.37. The normalized spacial score (nSPS) is 12.5. The molecule has 0 spiro atoms. The second-order valence-electron chi connectivity index (χ2n) is 4.35. The Kier molecular flexibility index (Phi) is 3.16. The zero-order valence-electron chi connectivity index (χ0n) is 9.31. The Bertz CT molecular complexity index is 488. The fraction of sp³-hybridized carbons (Fsp3) is 0.400. The Balaban J connectivity index is 3.30. The molecule has 1 aromatic carbocycles. The molecule has 0 amide bonds. The van der Waals surface area contributed by atoms with Gasteiger partial charge in [0, 0.05) is 0 Å². The molecule has 0 saturated heterocycles. The van der Waals surface area contributed by atoms with Crippen LogP contribution in [0.2, 0.25) is 0 Å². The van der Waals surface area contributed by atoms with Gasteiger partial charge in [0.05, 0.1) is 5.69 Å². The van der Waals surface area contributed by atoms with Crippen LogP contribution in [0.25, 0.3) is 0 Å². The lowest BCUT2D eigenvalue weighted by Crippen LogP contribution is -2.24. The first-order valence-corrected chi connectivity index (χ1v) is 6.06. The van der Waals surface area contributed by atoms with Gasteiger partial charge in [0.1, 0.15) is 16.2 Å². The van der Waals surface area contributed by atoms with Gasteiger partial charge in [-0.2, -0.15) is 8.42 Å². The van der Waals surface area contributed by atoms with Crippen molar-refractivity contribution in [2.45, 2.75) is 31.3 Å². The van der Waals surface area contributed by atoms with E-state index in [-0.39, 0.29) is 16.3 Å². The molecule has 0 heterocycles. The molecule has 0 unspecified atom stereocenters. The highest BCUT2D eigenvalue weighted by Crippen LogP contribution is 2.29. The van der Waals surface area contributed by atoms with Gasteiger partial charge in [0.15, 0.2) is 0 Å². The van der Waals surface area contributed by atoms with Crippen molar-refractivity contribution in [2.24, 2.45) is 0 Å². The zero-order chi connectivity index (χ0) is 12.6. The van der Waals surface area contributed by atoms with Crippen LogP contribution in [0.4, 0.5) is 5.69 Å². The number of rotatable bonds is 2. The molecule has 5 nitrogen and oxygen atoms in total. The van der Waals surface area contributed by atoms with Crippen LogP contribution >= 0.6 is 0 Å². The molecular weight excluding hydrogens is 230 g/mol. The topological polar surface area (TPSA) is 87.4 Å². The van der Waals surface area contributed by atoms with E-state index in [1.54, 1.807) is 20.8 Å². The van der Waals surface area contributed by atoms with Crippen LogP contribution in [0, 0.1) is 0 Å². The first-order valence-electron chi connectivity index (χ1n) is 4.62. The summed E-state index contributed by atoms with van der Waals surface area (Å²) in [6.45, 7) is 5.28. The van der Waals surface area contributed by atoms with Gasteiger partial charge in [-0.15, -0.1) is 0 Å². The predicted molar refractivity (Wildman–Crippen MR) is 59.4 cm³/mol. The third-order valence-electron chi connectivity index (χ3n) is 1.64. The van der Waals surface area contributed by atoms with E-state index in [1.165, 1.54) is 12.1 Å². The maximum atomic E-state index is 11.1. The Morgan fingerprint density at radius 3 is 2.31 bits per heavy atom. The van der Waals surface area contributed by atoms with Crippen LogP contribution in [-0.2, 0) is 10.1 Å². The number of ether oxygens (including phenoxy) is 1. The fourth-order valence-corrected chi connectivity index (χ4v) is 1.76. The summed E-state index contributed by atoms with van der Waals surface area (Å²) >= 11 is 0. The van der Waals surface area contributed by atoms with Gasteiger partial charge in [-0.05, 0) is 39.0 Å². The monoisotopic (exact) mass is 244 g/mol. The van der Waals surface area contributed by atoms with Crippen LogP contribution < -0.4 is 10.5 Å². The summed E-state index contributed by atoms with van der Waals surface area (Å²) in [5.41, 5.74) is 6.73. The van der Waals surface area contributed by atoms with Gasteiger partial charge in [-0.3, -0.25) is 4.55 Å². The molecule has 1 radical (unpaired) electrons. The highest BCUT2D eigenvalue weighted by molar-refractivity contribution is 7.86. The van der Waals surface area contributed by atoms with Gasteiger partial charge in [-0.1, -0.05) is 0 Å². The Labute approximate surface area is 95.0 Å². The molecule has 0 atom stereocenters. The summed E-state index contributed by atoms with van der Waals surface area (Å²) in [6, 6.07) is 3.81. The van der Waals surface area contributed by atoms with E-state index in [9.17, 15) is 8.42 Å². The van der Waals surface area contributed by atoms with Crippen molar-refractivity contribution in [3.05, 3.63) is 18.2 Å². The fourth-order valence-electron chi connectivity index (χ4n) is 1.12. The maximum Gasteiger partial charge on any atom is 0.298 e. The average Bonchev–Trinajstić information content (AvgIpc) is 2.04. The van der Waals surface area contributed by atoms with Crippen molar-refractivity contribution >= 4 is 15.8 Å². The quantitative estimate of drug-likeness (QED) is 0.806. The highest BCUT2D eigenvalue weighted by Gasteiger charge is 2.21. The van der Waals surface area contributed by atoms with Gasteiger partial charge in [0.25, 0.3) is 10.1 Å². The van der Waals surface area contributed by atoms with Crippen LogP contribution in [-0.4, -0.2) is 18.6 Å². The minimum absolute atomic E-state index is 0.00566. The second-order valence-corrected chi connectivity index (χ2v) is 5.74. The third kappa shape index (κ3) is 3.39. The molecule has 1 rings (SSSR count). The van der Waals surface area contributed by atoms with Crippen molar-refractivity contribution in [1.82, 2.24) is 5.73 Å². The summed E-state index contributed by atoms with van der Waals surface area (Å²) in [4.78, 5) is -0.380. The number of hydrogen-bond acceptors (Lipinski definition) is 3. The number of benzene rings is 1. The van der Waals surface area contributed by atoms with E-state index >= 15 is 0 Å². The van der Waals surface area contributed by atoms with Crippen molar-refractivity contribution in [1.29, 1.82) is 0 Å². The first kappa shape index (κ1) is 12.8. The van der Waals surface area contributed by atoms with Crippen molar-refractivity contribution in [3.8, 4) is 5.75 Å². The number of hydrogen-bond donors (Lipinski definition) is 1. The van der Waals surface area contributed by atoms with E-state index in [2.05, 4.69) is 0 Å². The molecule has 89 valence electrons. The van der Waals surface area contributed by atoms with E-state index < -0.39 is 15.7 Å². The summed E-state index contributed by atoms with van der Waals surface area (Å²) < 4.78 is 36.6. The summed E-state index contributed by atoms with van der Waals surface area (Å²) in [5.74, 6) is 0.0472. The largest absolute Gasteiger partial charge is 0.487 e. The Hall–Kier alpha value is -1.27. The Morgan fingerprint density at radius 1 is 1.31 bits per heavy atom. The van der Waals surface area contributed by atoms with Crippen LogP contribution in [0.5, 0.6) is 5.75 Å². The Morgan fingerprint density at radius 2 is 1.88 bits per heavy atom.